The number of benzene rings is 1. The average molecular weight is 473 g/mol. The van der Waals surface area contributed by atoms with Gasteiger partial charge in [-0.25, -0.2) is 4.98 Å². The lowest BCUT2D eigenvalue weighted by Crippen LogP contribution is -2.41. The number of carbonyl (C=O) groups excluding carboxylic acids is 2. The summed E-state index contributed by atoms with van der Waals surface area (Å²) < 4.78 is 7.70. The summed E-state index contributed by atoms with van der Waals surface area (Å²) in [7, 11) is 0. The van der Waals surface area contributed by atoms with Crippen molar-refractivity contribution < 1.29 is 14.3 Å². The topological polar surface area (TPSA) is 76.5 Å². The molecule has 1 saturated carbocycles. The van der Waals surface area contributed by atoms with E-state index in [0.29, 0.717) is 43.1 Å². The minimum Gasteiger partial charge on any atom is -0.492 e. The molecule has 1 fully saturated rings. The van der Waals surface area contributed by atoms with Crippen molar-refractivity contribution in [3.05, 3.63) is 35.2 Å². The predicted molar refractivity (Wildman–Crippen MR) is 128 cm³/mol. The first-order valence-corrected chi connectivity index (χ1v) is 12.4. The van der Waals surface area contributed by atoms with Crippen molar-refractivity contribution in [3.63, 3.8) is 0 Å². The quantitative estimate of drug-likeness (QED) is 0.549. The molecule has 1 aromatic heterocycles. The molecule has 1 aromatic carbocycles. The Morgan fingerprint density at radius 3 is 2.64 bits per heavy atom. The van der Waals surface area contributed by atoms with Crippen molar-refractivity contribution in [2.45, 2.75) is 52.5 Å². The van der Waals surface area contributed by atoms with Crippen LogP contribution < -0.4 is 10.1 Å². The summed E-state index contributed by atoms with van der Waals surface area (Å²) in [5, 5.41) is 3.30. The molecule has 4 rings (SSSR count). The van der Waals surface area contributed by atoms with Crippen molar-refractivity contribution in [2.24, 2.45) is 11.8 Å². The number of amides is 2. The van der Waals surface area contributed by atoms with Gasteiger partial charge in [0, 0.05) is 31.1 Å². The largest absolute Gasteiger partial charge is 0.492 e. The SMILES string of the molecule is CC(C)CCN1CCn2c(nc(Cl)c2-c2ccc(OCCNC(=O)C3CCCC3)cc2)C1=O. The predicted octanol–water partition coefficient (Wildman–Crippen LogP) is 4.39. The Balaban J connectivity index is 1.35. The van der Waals surface area contributed by atoms with E-state index < -0.39 is 0 Å². The number of halogens is 1. The summed E-state index contributed by atoms with van der Waals surface area (Å²) in [4.78, 5) is 31.2. The van der Waals surface area contributed by atoms with Crippen LogP contribution in [0.15, 0.2) is 24.3 Å². The molecule has 0 spiro atoms. The van der Waals surface area contributed by atoms with Gasteiger partial charge < -0.3 is 19.5 Å². The fraction of sp³-hybridized carbons (Fsp3) is 0.560. The van der Waals surface area contributed by atoms with E-state index in [1.54, 1.807) is 0 Å². The Labute approximate surface area is 200 Å². The average Bonchev–Trinajstić information content (AvgIpc) is 3.45. The molecule has 0 unspecified atom stereocenters. The molecule has 0 bridgehead atoms. The summed E-state index contributed by atoms with van der Waals surface area (Å²) in [5.41, 5.74) is 1.66. The summed E-state index contributed by atoms with van der Waals surface area (Å²) in [6, 6.07) is 7.62. The molecule has 2 heterocycles. The highest BCUT2D eigenvalue weighted by Crippen LogP contribution is 2.32. The number of nitrogens with zero attached hydrogens (tertiary/aromatic N) is 3. The van der Waals surface area contributed by atoms with E-state index in [0.717, 1.165) is 55.7 Å². The fourth-order valence-electron chi connectivity index (χ4n) is 4.56. The van der Waals surface area contributed by atoms with Crippen LogP contribution in [0.5, 0.6) is 5.75 Å². The third-order valence-corrected chi connectivity index (χ3v) is 6.76. The molecule has 2 amide bonds. The Morgan fingerprint density at radius 2 is 1.94 bits per heavy atom. The Kier molecular flexibility index (Phi) is 7.58. The van der Waals surface area contributed by atoms with Crippen LogP contribution in [0.25, 0.3) is 11.3 Å². The Morgan fingerprint density at radius 1 is 1.21 bits per heavy atom. The molecular weight excluding hydrogens is 440 g/mol. The normalized spacial score (nSPS) is 16.4. The van der Waals surface area contributed by atoms with Gasteiger partial charge in [0.1, 0.15) is 12.4 Å². The number of hydrogen-bond donors (Lipinski definition) is 1. The second-order valence-corrected chi connectivity index (χ2v) is 9.70. The van der Waals surface area contributed by atoms with Gasteiger partial charge in [-0.3, -0.25) is 9.59 Å². The summed E-state index contributed by atoms with van der Waals surface area (Å²) in [5.74, 6) is 1.92. The highest BCUT2D eigenvalue weighted by atomic mass is 35.5. The standard InChI is InChI=1S/C25H33ClN4O3/c1-17(2)11-13-29-14-15-30-21(22(26)28-23(30)25(29)32)18-7-9-20(10-8-18)33-16-12-27-24(31)19-5-3-4-6-19/h7-10,17,19H,3-6,11-16H2,1-2H3,(H,27,31). The van der Waals surface area contributed by atoms with Crippen LogP contribution in [-0.2, 0) is 11.3 Å². The van der Waals surface area contributed by atoms with Crippen LogP contribution in [0, 0.1) is 11.8 Å². The maximum absolute atomic E-state index is 12.9. The van der Waals surface area contributed by atoms with Crippen molar-refractivity contribution >= 4 is 23.4 Å². The van der Waals surface area contributed by atoms with Crippen molar-refractivity contribution in [1.29, 1.82) is 0 Å². The first-order valence-electron chi connectivity index (χ1n) is 12.0. The lowest BCUT2D eigenvalue weighted by Gasteiger charge is -2.28. The van der Waals surface area contributed by atoms with Crippen LogP contribution in [0.1, 0.15) is 56.6 Å². The molecule has 0 radical (unpaired) electrons. The molecule has 0 saturated heterocycles. The van der Waals surface area contributed by atoms with Gasteiger partial charge in [0.05, 0.1) is 12.2 Å². The van der Waals surface area contributed by atoms with Crippen molar-refractivity contribution in [3.8, 4) is 17.0 Å². The highest BCUT2D eigenvalue weighted by molar-refractivity contribution is 6.32. The van der Waals surface area contributed by atoms with Gasteiger partial charge in [-0.1, -0.05) is 38.3 Å². The zero-order valence-electron chi connectivity index (χ0n) is 19.5. The minimum atomic E-state index is -0.0605. The third-order valence-electron chi connectivity index (χ3n) is 6.50. The van der Waals surface area contributed by atoms with Crippen LogP contribution in [0.2, 0.25) is 5.15 Å². The van der Waals surface area contributed by atoms with E-state index in [-0.39, 0.29) is 17.7 Å². The summed E-state index contributed by atoms with van der Waals surface area (Å²) in [6.45, 7) is 7.30. The van der Waals surface area contributed by atoms with E-state index in [4.69, 9.17) is 16.3 Å². The molecule has 7 nitrogen and oxygen atoms in total. The van der Waals surface area contributed by atoms with E-state index >= 15 is 0 Å². The van der Waals surface area contributed by atoms with Crippen molar-refractivity contribution in [2.75, 3.05) is 26.2 Å². The highest BCUT2D eigenvalue weighted by Gasteiger charge is 2.30. The van der Waals surface area contributed by atoms with Gasteiger partial charge in [-0.05, 0) is 49.4 Å². The van der Waals surface area contributed by atoms with E-state index in [1.807, 2.05) is 33.7 Å². The Bertz CT molecular complexity index is 980. The maximum Gasteiger partial charge on any atom is 0.289 e. The molecule has 1 N–H and O–H groups in total. The van der Waals surface area contributed by atoms with E-state index in [1.165, 1.54) is 0 Å². The van der Waals surface area contributed by atoms with Gasteiger partial charge in [0.15, 0.2) is 5.15 Å². The van der Waals surface area contributed by atoms with Gasteiger partial charge in [0.25, 0.3) is 5.91 Å². The molecule has 2 aromatic rings. The molecule has 178 valence electrons. The molecule has 33 heavy (non-hydrogen) atoms. The van der Waals surface area contributed by atoms with Crippen LogP contribution >= 0.6 is 11.6 Å². The third kappa shape index (κ3) is 5.52. The number of hydrogen-bond acceptors (Lipinski definition) is 4. The fourth-order valence-corrected chi connectivity index (χ4v) is 4.85. The number of nitrogens with one attached hydrogen (secondary N) is 1. The molecular formula is C25H33ClN4O3. The van der Waals surface area contributed by atoms with Crippen molar-refractivity contribution in [1.82, 2.24) is 19.8 Å². The monoisotopic (exact) mass is 472 g/mol. The zero-order chi connectivity index (χ0) is 23.4. The first kappa shape index (κ1) is 23.6. The molecule has 8 heteroatoms. The second-order valence-electron chi connectivity index (χ2n) is 9.35. The zero-order valence-corrected chi connectivity index (χ0v) is 20.2. The maximum atomic E-state index is 12.9. The number of carbonyl (C=O) groups is 2. The van der Waals surface area contributed by atoms with Gasteiger partial charge in [0.2, 0.25) is 11.7 Å². The van der Waals surface area contributed by atoms with Gasteiger partial charge in [-0.2, -0.15) is 0 Å². The molecule has 1 aliphatic carbocycles. The van der Waals surface area contributed by atoms with E-state index in [9.17, 15) is 9.59 Å². The smallest absolute Gasteiger partial charge is 0.289 e. The number of aromatic nitrogens is 2. The lowest BCUT2D eigenvalue weighted by atomic mass is 10.1. The van der Waals surface area contributed by atoms with Crippen LogP contribution in [-0.4, -0.2) is 52.5 Å². The molecule has 1 aliphatic heterocycles. The molecule has 2 aliphatic rings. The lowest BCUT2D eigenvalue weighted by molar-refractivity contribution is -0.124. The van der Waals surface area contributed by atoms with Crippen LogP contribution in [0.3, 0.4) is 0 Å². The van der Waals surface area contributed by atoms with Crippen LogP contribution in [0.4, 0.5) is 0 Å². The number of fused-ring (bicyclic) bond motifs is 1. The number of imidazole rings is 1. The first-order chi connectivity index (χ1) is 15.9. The minimum absolute atomic E-state index is 0.0605. The van der Waals surface area contributed by atoms with Gasteiger partial charge in [-0.15, -0.1) is 0 Å². The number of ether oxygens (including phenoxy) is 1. The summed E-state index contributed by atoms with van der Waals surface area (Å²) in [6.07, 6.45) is 5.26. The number of rotatable bonds is 9. The van der Waals surface area contributed by atoms with E-state index in [2.05, 4.69) is 24.1 Å². The Hall–Kier alpha value is -2.54. The summed E-state index contributed by atoms with van der Waals surface area (Å²) >= 11 is 6.46. The molecule has 0 atom stereocenters. The second kappa shape index (κ2) is 10.6. The van der Waals surface area contributed by atoms with Gasteiger partial charge >= 0.3 is 0 Å².